The van der Waals surface area contributed by atoms with Crippen LogP contribution in [-0.4, -0.2) is 14.2 Å². The van der Waals surface area contributed by atoms with Crippen molar-refractivity contribution in [2.24, 2.45) is 0 Å². The van der Waals surface area contributed by atoms with Gasteiger partial charge < -0.3 is 0 Å². The van der Waals surface area contributed by atoms with Crippen molar-refractivity contribution in [1.82, 2.24) is 0 Å². The zero-order valence-electron chi connectivity index (χ0n) is 3.09. The first-order valence-corrected chi connectivity index (χ1v) is 4.21. The first-order valence-electron chi connectivity index (χ1n) is 1.60. The minimum atomic E-state index is -1.80. The Hall–Kier alpha value is -0.141. The zero-order valence-corrected chi connectivity index (χ0v) is 4.80. The maximum absolute atomic E-state index is 10.2. The molecular formula is C3H4O2Se. The van der Waals surface area contributed by atoms with E-state index in [-0.39, 0.29) is 0 Å². The Morgan fingerprint density at radius 2 is 2.67 bits per heavy atom. The van der Waals surface area contributed by atoms with Gasteiger partial charge in [-0.2, -0.15) is 0 Å². The van der Waals surface area contributed by atoms with Crippen LogP contribution in [0, 0.1) is 0 Å². The van der Waals surface area contributed by atoms with Crippen LogP contribution in [-0.2, 0) is 7.65 Å². The molecule has 2 nitrogen and oxygen atoms in total. The van der Waals surface area contributed by atoms with E-state index in [1.165, 1.54) is 6.26 Å². The molecule has 1 rings (SSSR count). The molecule has 0 N–H and O–H groups in total. The van der Waals surface area contributed by atoms with E-state index in [1.807, 2.05) is 0 Å². The fourth-order valence-corrected chi connectivity index (χ4v) is 1.34. The Morgan fingerprint density at radius 3 is 2.83 bits per heavy atom. The molecule has 3 heteroatoms. The van der Waals surface area contributed by atoms with Crippen LogP contribution in [0.2, 0.25) is 5.32 Å². The average molecular weight is 151 g/mol. The van der Waals surface area contributed by atoms with Gasteiger partial charge in [-0.3, -0.25) is 0 Å². The summed E-state index contributed by atoms with van der Waals surface area (Å²) in [5.74, 6) is 0. The van der Waals surface area contributed by atoms with Crippen LogP contribution < -0.4 is 0 Å². The predicted molar refractivity (Wildman–Crippen MR) is 21.5 cm³/mol. The van der Waals surface area contributed by atoms with Gasteiger partial charge in [0.05, 0.1) is 0 Å². The third-order valence-corrected chi connectivity index (χ3v) is 2.15. The van der Waals surface area contributed by atoms with Gasteiger partial charge in [-0.15, -0.1) is 0 Å². The molecule has 0 radical (unpaired) electrons. The van der Waals surface area contributed by atoms with E-state index in [9.17, 15) is 3.83 Å². The van der Waals surface area contributed by atoms with Crippen LogP contribution in [0.25, 0.3) is 0 Å². The molecule has 1 atom stereocenters. The van der Waals surface area contributed by atoms with Crippen LogP contribution in [0.3, 0.4) is 0 Å². The van der Waals surface area contributed by atoms with Gasteiger partial charge in [-0.25, -0.2) is 0 Å². The summed E-state index contributed by atoms with van der Waals surface area (Å²) in [4.78, 5) is 0. The van der Waals surface area contributed by atoms with Crippen molar-refractivity contribution in [3.8, 4) is 0 Å². The second-order valence-electron chi connectivity index (χ2n) is 0.938. The van der Waals surface area contributed by atoms with Crippen LogP contribution >= 0.6 is 0 Å². The first-order chi connectivity index (χ1) is 2.89. The molecule has 34 valence electrons. The summed E-state index contributed by atoms with van der Waals surface area (Å²) in [7, 11) is 0. The summed E-state index contributed by atoms with van der Waals surface area (Å²) < 4.78 is 14.7. The first kappa shape index (κ1) is 4.03. The van der Waals surface area contributed by atoms with Crippen molar-refractivity contribution in [1.29, 1.82) is 0 Å². The Morgan fingerprint density at radius 1 is 1.83 bits per heavy atom. The molecule has 0 aromatic heterocycles. The third kappa shape index (κ3) is 0.671. The zero-order chi connectivity index (χ0) is 4.41. The maximum atomic E-state index is 10.2. The molecule has 0 fully saturated rings. The van der Waals surface area contributed by atoms with E-state index >= 15 is 0 Å². The normalized spacial score (nSPS) is 30.3. The molecule has 1 aliphatic rings. The number of hydrogen-bond donors (Lipinski definition) is 0. The molecule has 1 unspecified atom stereocenters. The molecule has 6 heavy (non-hydrogen) atoms. The third-order valence-electron chi connectivity index (χ3n) is 0.491. The van der Waals surface area contributed by atoms with Crippen LogP contribution in [0.4, 0.5) is 0 Å². The van der Waals surface area contributed by atoms with Crippen molar-refractivity contribution < 1.29 is 7.65 Å². The quantitative estimate of drug-likeness (QED) is 0.470. The summed E-state index contributed by atoms with van der Waals surface area (Å²) in [6.45, 7) is 0. The second kappa shape index (κ2) is 1.54. The van der Waals surface area contributed by atoms with Gasteiger partial charge in [0, 0.05) is 0 Å². The molecule has 1 aliphatic heterocycles. The molecule has 0 saturated carbocycles. The summed E-state index contributed by atoms with van der Waals surface area (Å²) in [5.41, 5.74) is 0. The fraction of sp³-hybridized carbons (Fsp3) is 0.333. The summed E-state index contributed by atoms with van der Waals surface area (Å²) >= 11 is -1.80. The minimum absolute atomic E-state index is 0.653. The van der Waals surface area contributed by atoms with Gasteiger partial charge in [0.25, 0.3) is 0 Å². The number of rotatable bonds is 0. The molecule has 0 aromatic rings. The van der Waals surface area contributed by atoms with Crippen molar-refractivity contribution >= 4 is 14.2 Å². The van der Waals surface area contributed by atoms with E-state index < -0.39 is 14.2 Å². The van der Waals surface area contributed by atoms with Crippen molar-refractivity contribution in [2.75, 3.05) is 0 Å². The van der Waals surface area contributed by atoms with Gasteiger partial charge >= 0.3 is 39.5 Å². The molecule has 0 amide bonds. The van der Waals surface area contributed by atoms with E-state index in [2.05, 4.69) is 3.82 Å². The van der Waals surface area contributed by atoms with E-state index in [4.69, 9.17) is 0 Å². The van der Waals surface area contributed by atoms with Crippen LogP contribution in [0.15, 0.2) is 12.3 Å². The van der Waals surface area contributed by atoms with Crippen LogP contribution in [0.1, 0.15) is 0 Å². The van der Waals surface area contributed by atoms with Gasteiger partial charge in [0.1, 0.15) is 0 Å². The molecule has 0 spiro atoms. The topological polar surface area (TPSA) is 26.3 Å². The van der Waals surface area contributed by atoms with Crippen molar-refractivity contribution in [3.05, 3.63) is 12.3 Å². The summed E-state index contributed by atoms with van der Waals surface area (Å²) in [6, 6.07) is 0. The monoisotopic (exact) mass is 152 g/mol. The Kier molecular flexibility index (Phi) is 1.03. The molecule has 0 bridgehead atoms. The SMILES string of the molecule is O=[Se]1CC=CO1. The molecule has 0 saturated heterocycles. The fourth-order valence-electron chi connectivity index (χ4n) is 0.258. The van der Waals surface area contributed by atoms with E-state index in [1.54, 1.807) is 6.08 Å². The molecular weight excluding hydrogens is 147 g/mol. The van der Waals surface area contributed by atoms with Gasteiger partial charge in [-0.05, 0) is 0 Å². The summed E-state index contributed by atoms with van der Waals surface area (Å²) in [5, 5.41) is 0.653. The average Bonchev–Trinajstić information content (AvgIpc) is 1.86. The van der Waals surface area contributed by atoms with E-state index in [0.717, 1.165) is 0 Å². The Bertz CT molecular complexity index is 87.0. The van der Waals surface area contributed by atoms with Crippen molar-refractivity contribution in [2.45, 2.75) is 5.32 Å². The molecule has 1 heterocycles. The molecule has 0 aromatic carbocycles. The van der Waals surface area contributed by atoms with Gasteiger partial charge in [0.15, 0.2) is 0 Å². The van der Waals surface area contributed by atoms with Gasteiger partial charge in [-0.1, -0.05) is 0 Å². The number of allylic oxidation sites excluding steroid dienone is 1. The van der Waals surface area contributed by atoms with Crippen molar-refractivity contribution in [3.63, 3.8) is 0 Å². The Balaban J connectivity index is 2.52. The standard InChI is InChI=1S/C3H4O2Se/c4-6-3-1-2-5-6/h1-2H,3H2. The Labute approximate surface area is 40.2 Å². The molecule has 0 aliphatic carbocycles. The number of hydrogen-bond acceptors (Lipinski definition) is 2. The summed E-state index contributed by atoms with van der Waals surface area (Å²) in [6.07, 6.45) is 3.27. The van der Waals surface area contributed by atoms with E-state index in [0.29, 0.717) is 5.32 Å². The van der Waals surface area contributed by atoms with Crippen LogP contribution in [0.5, 0.6) is 0 Å². The predicted octanol–water partition coefficient (Wildman–Crippen LogP) is 0.449. The second-order valence-corrected chi connectivity index (χ2v) is 3.32. The van der Waals surface area contributed by atoms with Gasteiger partial charge in [0.2, 0.25) is 0 Å².